The van der Waals surface area contributed by atoms with Crippen molar-refractivity contribution in [2.75, 3.05) is 24.5 Å². The second kappa shape index (κ2) is 8.44. The summed E-state index contributed by atoms with van der Waals surface area (Å²) in [6.45, 7) is 2.05. The quantitative estimate of drug-likeness (QED) is 0.670. The minimum Gasteiger partial charge on any atom is -0.370 e. The van der Waals surface area contributed by atoms with Crippen LogP contribution in [0.5, 0.6) is 0 Å². The van der Waals surface area contributed by atoms with Crippen molar-refractivity contribution in [1.29, 1.82) is 0 Å². The monoisotopic (exact) mass is 444 g/mol. The van der Waals surface area contributed by atoms with E-state index in [1.54, 1.807) is 4.90 Å². The van der Waals surface area contributed by atoms with Gasteiger partial charge < -0.3 is 10.2 Å². The van der Waals surface area contributed by atoms with Gasteiger partial charge in [-0.3, -0.25) is 4.79 Å². The Balaban J connectivity index is 1.81. The van der Waals surface area contributed by atoms with Crippen LogP contribution in [0, 0.1) is 0 Å². The Kier molecular flexibility index (Phi) is 6.34. The number of carbonyl (C=O) groups excluding carboxylic acids is 1. The Morgan fingerprint density at radius 2 is 1.76 bits per heavy atom. The molecule has 2 aromatic carbocycles. The minimum atomic E-state index is -4.44. The van der Waals surface area contributed by atoms with Gasteiger partial charge in [-0.25, -0.2) is 0 Å². The molecule has 1 heterocycles. The molecule has 1 aliphatic rings. The maximum Gasteiger partial charge on any atom is 0.400 e. The molecule has 2 aromatic rings. The largest absolute Gasteiger partial charge is 0.400 e. The lowest BCUT2D eigenvalue weighted by Crippen LogP contribution is -2.44. The summed E-state index contributed by atoms with van der Waals surface area (Å²) < 4.78 is 42.5. The van der Waals surface area contributed by atoms with Crippen LogP contribution in [0.1, 0.15) is 24.5 Å². The van der Waals surface area contributed by atoms with Crippen molar-refractivity contribution in [2.45, 2.75) is 31.4 Å². The predicted octanol–water partition coefficient (Wildman–Crippen LogP) is 5.38. The maximum atomic E-state index is 14.2. The summed E-state index contributed by atoms with van der Waals surface area (Å²) in [5, 5.41) is 3.11. The Morgan fingerprint density at radius 3 is 2.31 bits per heavy atom. The van der Waals surface area contributed by atoms with E-state index in [1.165, 1.54) is 25.1 Å². The highest BCUT2D eigenvalue weighted by molar-refractivity contribution is 6.34. The van der Waals surface area contributed by atoms with Gasteiger partial charge in [-0.05, 0) is 54.3 Å². The van der Waals surface area contributed by atoms with Crippen molar-refractivity contribution in [2.24, 2.45) is 0 Å². The topological polar surface area (TPSA) is 32.3 Å². The van der Waals surface area contributed by atoms with Crippen LogP contribution in [0.25, 0.3) is 0 Å². The molecular weight excluding hydrogens is 424 g/mol. The van der Waals surface area contributed by atoms with E-state index in [4.69, 9.17) is 23.2 Å². The normalized spacial score (nSPS) is 19.4. The zero-order valence-corrected chi connectivity index (χ0v) is 17.3. The lowest BCUT2D eigenvalue weighted by molar-refractivity contribution is -0.184. The van der Waals surface area contributed by atoms with Crippen LogP contribution in [0.3, 0.4) is 0 Å². The van der Waals surface area contributed by atoms with Crippen LogP contribution < -0.4 is 10.2 Å². The van der Waals surface area contributed by atoms with Crippen molar-refractivity contribution in [3.8, 4) is 0 Å². The molecule has 8 heteroatoms. The van der Waals surface area contributed by atoms with E-state index in [0.717, 1.165) is 11.3 Å². The molecule has 3 rings (SSSR count). The van der Waals surface area contributed by atoms with Gasteiger partial charge in [-0.2, -0.15) is 13.2 Å². The second-order valence-corrected chi connectivity index (χ2v) is 8.18. The van der Waals surface area contributed by atoms with Crippen molar-refractivity contribution in [1.82, 2.24) is 5.32 Å². The summed E-state index contributed by atoms with van der Waals surface area (Å²) in [6, 6.07) is 11.5. The summed E-state index contributed by atoms with van der Waals surface area (Å²) in [7, 11) is 0. The molecule has 3 nitrogen and oxygen atoms in total. The first-order valence-electron chi connectivity index (χ1n) is 9.22. The molecule has 1 N–H and O–H groups in total. The third kappa shape index (κ3) is 4.81. The number of halogens is 5. The van der Waals surface area contributed by atoms with Crippen molar-refractivity contribution in [3.05, 3.63) is 63.6 Å². The van der Waals surface area contributed by atoms with E-state index in [1.807, 2.05) is 24.3 Å². The molecule has 0 saturated carbocycles. The van der Waals surface area contributed by atoms with Gasteiger partial charge in [0.15, 0.2) is 0 Å². The van der Waals surface area contributed by atoms with E-state index in [9.17, 15) is 18.0 Å². The van der Waals surface area contributed by atoms with Crippen LogP contribution in [0.15, 0.2) is 42.5 Å². The predicted molar refractivity (Wildman–Crippen MR) is 110 cm³/mol. The average molecular weight is 445 g/mol. The van der Waals surface area contributed by atoms with E-state index in [2.05, 4.69) is 5.32 Å². The number of hydrogen-bond donors (Lipinski definition) is 1. The molecule has 1 aliphatic heterocycles. The minimum absolute atomic E-state index is 0.0720. The molecule has 0 bridgehead atoms. The van der Waals surface area contributed by atoms with Crippen LogP contribution in [0.2, 0.25) is 10.0 Å². The van der Waals surface area contributed by atoms with Crippen LogP contribution >= 0.6 is 23.2 Å². The van der Waals surface area contributed by atoms with Crippen molar-refractivity contribution >= 4 is 34.8 Å². The number of nitrogens with one attached hydrogen (secondary N) is 1. The van der Waals surface area contributed by atoms with Gasteiger partial charge in [0, 0.05) is 42.3 Å². The highest BCUT2D eigenvalue weighted by Gasteiger charge is 2.59. The summed E-state index contributed by atoms with van der Waals surface area (Å²) in [5.41, 5.74) is -0.194. The molecule has 1 unspecified atom stereocenters. The maximum absolute atomic E-state index is 14.2. The molecule has 29 heavy (non-hydrogen) atoms. The molecule has 1 fully saturated rings. The fourth-order valence-corrected chi connectivity index (χ4v) is 4.27. The average Bonchev–Trinajstić information content (AvgIpc) is 3.08. The fraction of sp³-hybridized carbons (Fsp3) is 0.381. The summed E-state index contributed by atoms with van der Waals surface area (Å²) >= 11 is 12.0. The van der Waals surface area contributed by atoms with Gasteiger partial charge >= 0.3 is 6.18 Å². The van der Waals surface area contributed by atoms with E-state index in [0.29, 0.717) is 13.0 Å². The van der Waals surface area contributed by atoms with Crippen molar-refractivity contribution in [3.63, 3.8) is 0 Å². The first-order chi connectivity index (χ1) is 13.6. The molecule has 0 radical (unpaired) electrons. The van der Waals surface area contributed by atoms with Gasteiger partial charge in [0.2, 0.25) is 5.91 Å². The van der Waals surface area contributed by atoms with Crippen molar-refractivity contribution < 1.29 is 18.0 Å². The summed E-state index contributed by atoms with van der Waals surface area (Å²) in [4.78, 5) is 12.7. The highest BCUT2D eigenvalue weighted by atomic mass is 35.5. The number of alkyl halides is 3. The number of hydrogen-bond acceptors (Lipinski definition) is 2. The molecule has 1 saturated heterocycles. The smallest absolute Gasteiger partial charge is 0.370 e. The second-order valence-electron chi connectivity index (χ2n) is 7.31. The van der Waals surface area contributed by atoms with Gasteiger partial charge in [-0.15, -0.1) is 0 Å². The Bertz CT molecular complexity index is 866. The molecular formula is C21H21Cl2F3N2O. The Hall–Kier alpha value is -1.92. The molecule has 0 aromatic heterocycles. The zero-order chi connectivity index (χ0) is 21.2. The summed E-state index contributed by atoms with van der Waals surface area (Å²) in [5.74, 6) is -0.0942. The van der Waals surface area contributed by atoms with Crippen LogP contribution in [-0.2, 0) is 16.6 Å². The number of carbonyl (C=O) groups is 1. The van der Waals surface area contributed by atoms with E-state index < -0.39 is 11.6 Å². The zero-order valence-electron chi connectivity index (χ0n) is 15.8. The lowest BCUT2D eigenvalue weighted by Gasteiger charge is -2.33. The van der Waals surface area contributed by atoms with Crippen LogP contribution in [-0.4, -0.2) is 31.7 Å². The molecule has 0 spiro atoms. The van der Waals surface area contributed by atoms with E-state index in [-0.39, 0.29) is 41.0 Å². The highest BCUT2D eigenvalue weighted by Crippen LogP contribution is 2.49. The molecule has 1 amide bonds. The Labute approximate surface area is 177 Å². The van der Waals surface area contributed by atoms with Gasteiger partial charge in [0.25, 0.3) is 0 Å². The molecule has 1 atom stereocenters. The van der Waals surface area contributed by atoms with Crippen LogP contribution in [0.4, 0.5) is 18.9 Å². The first kappa shape index (κ1) is 21.8. The molecule has 156 valence electrons. The van der Waals surface area contributed by atoms with E-state index >= 15 is 0 Å². The SMILES string of the molecule is CC(=O)NCCc1ccc(N2CCC(c3cc(Cl)cc(Cl)c3)(C(F)(F)F)C2)cc1. The summed E-state index contributed by atoms with van der Waals surface area (Å²) in [6.07, 6.45) is -3.85. The third-order valence-electron chi connectivity index (χ3n) is 5.32. The van der Waals surface area contributed by atoms with Gasteiger partial charge in [0.05, 0.1) is 0 Å². The number of rotatable bonds is 5. The molecule has 0 aliphatic carbocycles. The number of anilines is 1. The number of amides is 1. The number of nitrogens with zero attached hydrogens (tertiary/aromatic N) is 1. The van der Waals surface area contributed by atoms with Gasteiger partial charge in [0.1, 0.15) is 5.41 Å². The first-order valence-corrected chi connectivity index (χ1v) is 9.98. The lowest BCUT2D eigenvalue weighted by atomic mass is 9.79. The Morgan fingerprint density at radius 1 is 1.14 bits per heavy atom. The fourth-order valence-electron chi connectivity index (χ4n) is 3.75. The number of benzene rings is 2. The standard InChI is InChI=1S/C21H21Cl2F3N2O/c1-14(29)27-8-6-15-2-4-19(5-3-15)28-9-7-20(13-28,21(24,25)26)16-10-17(22)12-18(23)11-16/h2-5,10-12H,6-9,13H2,1H3,(H,27,29). The third-order valence-corrected chi connectivity index (χ3v) is 5.75. The van der Waals surface area contributed by atoms with Gasteiger partial charge in [-0.1, -0.05) is 35.3 Å².